The Balaban J connectivity index is 1.97. The Hall–Kier alpha value is -3.14. The van der Waals surface area contributed by atoms with Crippen molar-refractivity contribution in [1.29, 1.82) is 0 Å². The number of carbonyl (C=O) groups is 1. The van der Waals surface area contributed by atoms with Gasteiger partial charge in [0.2, 0.25) is 15.9 Å². The van der Waals surface area contributed by atoms with Crippen LogP contribution >= 0.6 is 0 Å². The standard InChI is InChI=1S/C24H31N3O6S/c1-6-24(7-2)15-20(19-10-8-9-11-22(19)33-24)25-23(28)17(4)26(34(5,31)32)21-14-18(27(29)30)13-12-16(21)3/h8-14,17,20H,6-7,15H2,1-5H3,(H,25,28)/t17-,20+/m1/s1. The van der Waals surface area contributed by atoms with Crippen molar-refractivity contribution in [2.75, 3.05) is 10.6 Å². The number of nitrogens with one attached hydrogen (secondary N) is 1. The predicted octanol–water partition coefficient (Wildman–Crippen LogP) is 4.26. The summed E-state index contributed by atoms with van der Waals surface area (Å²) in [5.41, 5.74) is 0.739. The first-order valence-corrected chi connectivity index (χ1v) is 13.1. The van der Waals surface area contributed by atoms with Crippen molar-refractivity contribution in [2.24, 2.45) is 0 Å². The Kier molecular flexibility index (Phi) is 7.21. The minimum Gasteiger partial charge on any atom is -0.487 e. The summed E-state index contributed by atoms with van der Waals surface area (Å²) in [5.74, 6) is 0.198. The molecule has 0 aromatic heterocycles. The molecule has 10 heteroatoms. The highest BCUT2D eigenvalue weighted by Crippen LogP contribution is 2.42. The van der Waals surface area contributed by atoms with Gasteiger partial charge in [0.15, 0.2) is 0 Å². The van der Waals surface area contributed by atoms with Crippen LogP contribution in [0.15, 0.2) is 42.5 Å². The zero-order chi connectivity index (χ0) is 25.3. The smallest absolute Gasteiger partial charge is 0.271 e. The molecule has 0 unspecified atom stereocenters. The molecule has 1 heterocycles. The zero-order valence-corrected chi connectivity index (χ0v) is 20.9. The van der Waals surface area contributed by atoms with Gasteiger partial charge in [0.25, 0.3) is 5.69 Å². The maximum atomic E-state index is 13.4. The monoisotopic (exact) mass is 489 g/mol. The number of para-hydroxylation sites is 1. The van der Waals surface area contributed by atoms with Gasteiger partial charge >= 0.3 is 0 Å². The lowest BCUT2D eigenvalue weighted by Gasteiger charge is -2.42. The molecule has 1 aliphatic heterocycles. The highest BCUT2D eigenvalue weighted by atomic mass is 32.2. The maximum Gasteiger partial charge on any atom is 0.271 e. The quantitative estimate of drug-likeness (QED) is 0.437. The van der Waals surface area contributed by atoms with Gasteiger partial charge in [0, 0.05) is 24.1 Å². The number of nitro groups is 1. The van der Waals surface area contributed by atoms with E-state index < -0.39 is 32.5 Å². The molecule has 0 fully saturated rings. The molecule has 2 aromatic carbocycles. The van der Waals surface area contributed by atoms with E-state index in [-0.39, 0.29) is 17.4 Å². The summed E-state index contributed by atoms with van der Waals surface area (Å²) < 4.78 is 32.7. The lowest BCUT2D eigenvalue weighted by atomic mass is 9.83. The van der Waals surface area contributed by atoms with E-state index in [0.29, 0.717) is 17.7 Å². The summed E-state index contributed by atoms with van der Waals surface area (Å²) >= 11 is 0. The molecule has 3 rings (SSSR count). The first kappa shape index (κ1) is 25.5. The van der Waals surface area contributed by atoms with Crippen molar-refractivity contribution in [3.8, 4) is 5.75 Å². The molecular weight excluding hydrogens is 458 g/mol. The Morgan fingerprint density at radius 2 is 1.91 bits per heavy atom. The summed E-state index contributed by atoms with van der Waals surface area (Å²) in [6, 6.07) is 9.95. The molecule has 1 aliphatic rings. The van der Waals surface area contributed by atoms with Crippen molar-refractivity contribution >= 4 is 27.3 Å². The second-order valence-electron chi connectivity index (χ2n) is 8.76. The summed E-state index contributed by atoms with van der Waals surface area (Å²) in [7, 11) is -3.94. The molecular formula is C24H31N3O6S. The average molecular weight is 490 g/mol. The molecule has 34 heavy (non-hydrogen) atoms. The van der Waals surface area contributed by atoms with E-state index in [9.17, 15) is 23.3 Å². The fourth-order valence-corrected chi connectivity index (χ4v) is 5.68. The number of hydrogen-bond acceptors (Lipinski definition) is 6. The first-order chi connectivity index (χ1) is 15.9. The van der Waals surface area contributed by atoms with E-state index >= 15 is 0 Å². The minimum absolute atomic E-state index is 0.100. The van der Waals surface area contributed by atoms with E-state index in [1.807, 2.05) is 38.1 Å². The maximum absolute atomic E-state index is 13.4. The lowest BCUT2D eigenvalue weighted by Crippen LogP contribution is -2.51. The molecule has 9 nitrogen and oxygen atoms in total. The highest BCUT2D eigenvalue weighted by Gasteiger charge is 2.40. The average Bonchev–Trinajstić information content (AvgIpc) is 2.79. The predicted molar refractivity (Wildman–Crippen MR) is 131 cm³/mol. The van der Waals surface area contributed by atoms with Crippen LogP contribution in [0.25, 0.3) is 0 Å². The fourth-order valence-electron chi connectivity index (χ4n) is 4.45. The highest BCUT2D eigenvalue weighted by molar-refractivity contribution is 7.92. The van der Waals surface area contributed by atoms with Crippen molar-refractivity contribution in [3.63, 3.8) is 0 Å². The normalized spacial score (nSPS) is 17.7. The van der Waals surface area contributed by atoms with Gasteiger partial charge in [-0.2, -0.15) is 0 Å². The number of carbonyl (C=O) groups excluding carboxylic acids is 1. The second kappa shape index (κ2) is 9.61. The van der Waals surface area contributed by atoms with Gasteiger partial charge in [-0.15, -0.1) is 0 Å². The lowest BCUT2D eigenvalue weighted by molar-refractivity contribution is -0.384. The van der Waals surface area contributed by atoms with Crippen molar-refractivity contribution < 1.29 is 22.9 Å². The molecule has 2 atom stereocenters. The number of aryl methyl sites for hydroxylation is 1. The fraction of sp³-hybridized carbons (Fsp3) is 0.458. The van der Waals surface area contributed by atoms with Crippen LogP contribution in [0.1, 0.15) is 57.2 Å². The Labute approximate surface area is 200 Å². The number of sulfonamides is 1. The Bertz CT molecular complexity index is 1190. The summed E-state index contributed by atoms with van der Waals surface area (Å²) in [6.07, 6.45) is 3.03. The SMILES string of the molecule is CCC1(CC)C[C@H](NC(=O)[C@@H](C)N(c2cc([N+](=O)[O-])ccc2C)S(C)(=O)=O)c2ccccc2O1. The third-order valence-electron chi connectivity index (χ3n) is 6.53. The van der Waals surface area contributed by atoms with E-state index in [1.165, 1.54) is 25.1 Å². The van der Waals surface area contributed by atoms with Crippen LogP contribution in [-0.4, -0.2) is 37.1 Å². The zero-order valence-electron chi connectivity index (χ0n) is 20.1. The van der Waals surface area contributed by atoms with Gasteiger partial charge in [0.05, 0.1) is 22.9 Å². The third-order valence-corrected chi connectivity index (χ3v) is 7.76. The third kappa shape index (κ3) is 5.01. The number of amides is 1. The number of rotatable bonds is 8. The molecule has 1 N–H and O–H groups in total. The van der Waals surface area contributed by atoms with Crippen molar-refractivity contribution in [2.45, 2.75) is 64.6 Å². The largest absolute Gasteiger partial charge is 0.487 e. The molecule has 0 aliphatic carbocycles. The number of fused-ring (bicyclic) bond motifs is 1. The van der Waals surface area contributed by atoms with Crippen molar-refractivity contribution in [3.05, 3.63) is 63.7 Å². The number of anilines is 1. The van der Waals surface area contributed by atoms with E-state index in [4.69, 9.17) is 4.74 Å². The first-order valence-electron chi connectivity index (χ1n) is 11.2. The number of non-ortho nitro benzene ring substituents is 1. The van der Waals surface area contributed by atoms with Gasteiger partial charge < -0.3 is 10.1 Å². The molecule has 0 saturated carbocycles. The second-order valence-corrected chi connectivity index (χ2v) is 10.6. The topological polar surface area (TPSA) is 119 Å². The number of hydrogen-bond donors (Lipinski definition) is 1. The van der Waals surface area contributed by atoms with Crippen LogP contribution in [0.2, 0.25) is 0 Å². The van der Waals surface area contributed by atoms with Crippen LogP contribution in [-0.2, 0) is 14.8 Å². The van der Waals surface area contributed by atoms with Crippen LogP contribution in [0.4, 0.5) is 11.4 Å². The van der Waals surface area contributed by atoms with Gasteiger partial charge in [-0.1, -0.05) is 38.1 Å². The molecule has 0 saturated heterocycles. The van der Waals surface area contributed by atoms with E-state index in [0.717, 1.165) is 29.0 Å². The Morgan fingerprint density at radius 1 is 1.26 bits per heavy atom. The van der Waals surface area contributed by atoms with Crippen LogP contribution in [0.3, 0.4) is 0 Å². The van der Waals surface area contributed by atoms with Crippen LogP contribution < -0.4 is 14.4 Å². The molecule has 0 bridgehead atoms. The molecule has 0 radical (unpaired) electrons. The minimum atomic E-state index is -3.94. The number of nitrogens with zero attached hydrogens (tertiary/aromatic N) is 2. The molecule has 1 amide bonds. The van der Waals surface area contributed by atoms with Crippen molar-refractivity contribution in [1.82, 2.24) is 5.32 Å². The van der Waals surface area contributed by atoms with Gasteiger partial charge in [-0.05, 0) is 38.3 Å². The summed E-state index contributed by atoms with van der Waals surface area (Å²) in [5, 5.41) is 14.3. The van der Waals surface area contributed by atoms with Crippen LogP contribution in [0.5, 0.6) is 5.75 Å². The van der Waals surface area contributed by atoms with Gasteiger partial charge in [0.1, 0.15) is 17.4 Å². The van der Waals surface area contributed by atoms with Gasteiger partial charge in [-0.3, -0.25) is 19.2 Å². The van der Waals surface area contributed by atoms with E-state index in [1.54, 1.807) is 6.92 Å². The summed E-state index contributed by atoms with van der Waals surface area (Å²) in [4.78, 5) is 24.1. The number of ether oxygens (including phenoxy) is 1. The number of benzene rings is 2. The molecule has 0 spiro atoms. The number of nitro benzene ring substituents is 1. The van der Waals surface area contributed by atoms with E-state index in [2.05, 4.69) is 5.32 Å². The molecule has 2 aromatic rings. The van der Waals surface area contributed by atoms with Crippen LogP contribution in [0, 0.1) is 17.0 Å². The van der Waals surface area contributed by atoms with Gasteiger partial charge in [-0.25, -0.2) is 8.42 Å². The molecule has 184 valence electrons. The summed E-state index contributed by atoms with van der Waals surface area (Å²) in [6.45, 7) is 7.20. The Morgan fingerprint density at radius 3 is 2.50 bits per heavy atom.